The zero-order valence-corrected chi connectivity index (χ0v) is 10.9. The van der Waals surface area contributed by atoms with Gasteiger partial charge in [0.05, 0.1) is 0 Å². The molecule has 3 aromatic rings. The minimum Gasteiger partial charge on any atom is -0.438 e. The Bertz CT molecular complexity index is 787. The lowest BCUT2D eigenvalue weighted by molar-refractivity contribution is 0.466. The van der Waals surface area contributed by atoms with Crippen molar-refractivity contribution in [2.75, 3.05) is 5.73 Å². The van der Waals surface area contributed by atoms with Crippen LogP contribution >= 0.6 is 0 Å². The van der Waals surface area contributed by atoms with Crippen molar-refractivity contribution in [1.82, 2.24) is 4.98 Å². The quantitative estimate of drug-likeness (QED) is 0.713. The Morgan fingerprint density at radius 3 is 2.75 bits per heavy atom. The van der Waals surface area contributed by atoms with Crippen LogP contribution in [0.15, 0.2) is 48.7 Å². The highest BCUT2D eigenvalue weighted by Gasteiger charge is 2.07. The molecule has 0 spiro atoms. The number of ether oxygens (including phenoxy) is 1. The molecular formula is C16H13FN2O. The van der Waals surface area contributed by atoms with Crippen molar-refractivity contribution in [2.45, 2.75) is 6.92 Å². The van der Waals surface area contributed by atoms with Gasteiger partial charge in [-0.05, 0) is 48.9 Å². The van der Waals surface area contributed by atoms with Crippen LogP contribution in [0.5, 0.6) is 11.6 Å². The van der Waals surface area contributed by atoms with Gasteiger partial charge >= 0.3 is 0 Å². The third-order valence-corrected chi connectivity index (χ3v) is 3.15. The number of anilines is 1. The molecule has 2 aromatic carbocycles. The fourth-order valence-corrected chi connectivity index (χ4v) is 2.08. The molecular weight excluding hydrogens is 255 g/mol. The summed E-state index contributed by atoms with van der Waals surface area (Å²) in [7, 11) is 0. The van der Waals surface area contributed by atoms with E-state index in [4.69, 9.17) is 10.5 Å². The third kappa shape index (κ3) is 2.16. The smallest absolute Gasteiger partial charge is 0.227 e. The summed E-state index contributed by atoms with van der Waals surface area (Å²) in [5.74, 6) is 0.750. The molecule has 0 aliphatic heterocycles. The molecule has 1 aromatic heterocycles. The fraction of sp³-hybridized carbons (Fsp3) is 0.0625. The first-order valence-corrected chi connectivity index (χ1v) is 6.22. The average molecular weight is 268 g/mol. The van der Waals surface area contributed by atoms with E-state index in [1.165, 1.54) is 6.07 Å². The molecule has 0 fully saturated rings. The lowest BCUT2D eigenvalue weighted by Gasteiger charge is -2.09. The minimum atomic E-state index is -0.257. The molecule has 20 heavy (non-hydrogen) atoms. The Morgan fingerprint density at radius 2 is 1.95 bits per heavy atom. The Balaban J connectivity index is 2.06. The fourth-order valence-electron chi connectivity index (χ4n) is 2.08. The third-order valence-electron chi connectivity index (χ3n) is 3.15. The van der Waals surface area contributed by atoms with Crippen molar-refractivity contribution in [2.24, 2.45) is 0 Å². The van der Waals surface area contributed by atoms with E-state index in [1.54, 1.807) is 25.3 Å². The molecule has 0 aliphatic carbocycles. The molecule has 1 heterocycles. The maximum absolute atomic E-state index is 13.3. The number of aryl methyl sites for hydroxylation is 1. The number of halogens is 1. The Labute approximate surface area is 115 Å². The minimum absolute atomic E-state index is 0.257. The van der Waals surface area contributed by atoms with Crippen LogP contribution in [-0.4, -0.2) is 4.98 Å². The van der Waals surface area contributed by atoms with Crippen LogP contribution in [0.2, 0.25) is 0 Å². The predicted octanol–water partition coefficient (Wildman–Crippen LogP) is 4.06. The van der Waals surface area contributed by atoms with Crippen molar-refractivity contribution >= 4 is 16.5 Å². The number of benzene rings is 2. The van der Waals surface area contributed by atoms with E-state index in [0.29, 0.717) is 22.9 Å². The van der Waals surface area contributed by atoms with Gasteiger partial charge < -0.3 is 10.5 Å². The van der Waals surface area contributed by atoms with Crippen molar-refractivity contribution in [3.63, 3.8) is 0 Å². The highest BCUT2D eigenvalue weighted by Crippen LogP contribution is 2.30. The Kier molecular flexibility index (Phi) is 2.99. The van der Waals surface area contributed by atoms with Gasteiger partial charge in [-0.1, -0.05) is 6.07 Å². The number of nitrogens with zero attached hydrogens (tertiary/aromatic N) is 1. The second kappa shape index (κ2) is 4.81. The van der Waals surface area contributed by atoms with Gasteiger partial charge in [0.25, 0.3) is 0 Å². The largest absolute Gasteiger partial charge is 0.438 e. The maximum Gasteiger partial charge on any atom is 0.227 e. The molecule has 3 rings (SSSR count). The summed E-state index contributed by atoms with van der Waals surface area (Å²) >= 11 is 0. The zero-order valence-electron chi connectivity index (χ0n) is 10.9. The van der Waals surface area contributed by atoms with E-state index in [0.717, 1.165) is 10.8 Å². The monoisotopic (exact) mass is 268 g/mol. The molecule has 0 radical (unpaired) electrons. The highest BCUT2D eigenvalue weighted by molar-refractivity contribution is 5.95. The summed E-state index contributed by atoms with van der Waals surface area (Å²) in [6, 6.07) is 12.0. The molecule has 0 atom stereocenters. The molecule has 4 heteroatoms. The Morgan fingerprint density at radius 1 is 1.10 bits per heavy atom. The number of nitrogens with two attached hydrogens (primary N) is 1. The second-order valence-electron chi connectivity index (χ2n) is 4.57. The van der Waals surface area contributed by atoms with E-state index in [2.05, 4.69) is 4.98 Å². The first kappa shape index (κ1) is 12.4. The number of pyridine rings is 1. The van der Waals surface area contributed by atoms with Gasteiger partial charge in [0, 0.05) is 22.7 Å². The summed E-state index contributed by atoms with van der Waals surface area (Å²) in [5.41, 5.74) is 7.13. The van der Waals surface area contributed by atoms with Crippen molar-refractivity contribution in [1.29, 1.82) is 0 Å². The number of nitrogen functional groups attached to an aromatic ring is 1. The van der Waals surface area contributed by atoms with Crippen LogP contribution in [0.1, 0.15) is 5.56 Å². The van der Waals surface area contributed by atoms with Crippen molar-refractivity contribution in [3.8, 4) is 11.6 Å². The lowest BCUT2D eigenvalue weighted by Crippen LogP contribution is -1.93. The summed E-state index contributed by atoms with van der Waals surface area (Å²) in [4.78, 5) is 4.22. The van der Waals surface area contributed by atoms with Gasteiger partial charge in [-0.15, -0.1) is 0 Å². The second-order valence-corrected chi connectivity index (χ2v) is 4.57. The highest BCUT2D eigenvalue weighted by atomic mass is 19.1. The van der Waals surface area contributed by atoms with E-state index in [1.807, 2.05) is 24.3 Å². The molecule has 0 bridgehead atoms. The van der Waals surface area contributed by atoms with Crippen LogP contribution in [0.4, 0.5) is 10.1 Å². The topological polar surface area (TPSA) is 48.1 Å². The van der Waals surface area contributed by atoms with Crippen molar-refractivity contribution in [3.05, 3.63) is 60.0 Å². The molecule has 100 valence electrons. The summed E-state index contributed by atoms with van der Waals surface area (Å²) in [6.07, 6.45) is 1.64. The molecule has 2 N–H and O–H groups in total. The van der Waals surface area contributed by atoms with Gasteiger partial charge in [0.2, 0.25) is 5.88 Å². The van der Waals surface area contributed by atoms with Gasteiger partial charge in [0.15, 0.2) is 0 Å². The molecule has 3 nitrogen and oxygen atoms in total. The van der Waals surface area contributed by atoms with Crippen LogP contribution in [-0.2, 0) is 0 Å². The summed E-state index contributed by atoms with van der Waals surface area (Å²) in [5, 5.41) is 1.71. The Hall–Kier alpha value is -2.62. The number of hydrogen-bond acceptors (Lipinski definition) is 3. The zero-order chi connectivity index (χ0) is 14.1. The molecule has 0 saturated carbocycles. The van der Waals surface area contributed by atoms with Gasteiger partial charge in [-0.3, -0.25) is 0 Å². The first-order valence-electron chi connectivity index (χ1n) is 6.22. The average Bonchev–Trinajstić information content (AvgIpc) is 2.44. The van der Waals surface area contributed by atoms with E-state index >= 15 is 0 Å². The maximum atomic E-state index is 13.3. The number of aromatic nitrogens is 1. The summed E-state index contributed by atoms with van der Waals surface area (Å²) in [6.45, 7) is 1.69. The SMILES string of the molecule is Cc1cc(Oc2nccc3c(N)cccc23)ccc1F. The van der Waals surface area contributed by atoms with Crippen molar-refractivity contribution < 1.29 is 9.13 Å². The lowest BCUT2D eigenvalue weighted by atomic mass is 10.1. The molecule has 0 amide bonds. The standard InChI is InChI=1S/C16H13FN2O/c1-10-9-11(5-6-14(10)17)20-16-13-3-2-4-15(18)12(13)7-8-19-16/h2-9H,18H2,1H3. The summed E-state index contributed by atoms with van der Waals surface area (Å²) < 4.78 is 19.0. The van der Waals surface area contributed by atoms with E-state index in [9.17, 15) is 4.39 Å². The normalized spacial score (nSPS) is 10.7. The van der Waals surface area contributed by atoms with Crippen LogP contribution in [0.3, 0.4) is 0 Å². The van der Waals surface area contributed by atoms with Crippen LogP contribution < -0.4 is 10.5 Å². The van der Waals surface area contributed by atoms with E-state index < -0.39 is 0 Å². The first-order chi connectivity index (χ1) is 9.65. The van der Waals surface area contributed by atoms with E-state index in [-0.39, 0.29) is 5.82 Å². The molecule has 0 aliphatic rings. The molecule has 0 unspecified atom stereocenters. The number of fused-ring (bicyclic) bond motifs is 1. The van der Waals surface area contributed by atoms with Gasteiger partial charge in [-0.25, -0.2) is 9.37 Å². The van der Waals surface area contributed by atoms with Gasteiger partial charge in [-0.2, -0.15) is 0 Å². The number of rotatable bonds is 2. The predicted molar refractivity (Wildman–Crippen MR) is 77.4 cm³/mol. The van der Waals surface area contributed by atoms with Crippen LogP contribution in [0, 0.1) is 12.7 Å². The molecule has 0 saturated heterocycles. The van der Waals surface area contributed by atoms with Gasteiger partial charge in [0.1, 0.15) is 11.6 Å². The number of hydrogen-bond donors (Lipinski definition) is 1. The van der Waals surface area contributed by atoms with Crippen LogP contribution in [0.25, 0.3) is 10.8 Å².